The number of hydrogen-bond donors (Lipinski definition) is 2. The number of halogens is 1. The van der Waals surface area contributed by atoms with Crippen molar-refractivity contribution in [2.45, 2.75) is 13.1 Å². The second-order valence-corrected chi connectivity index (χ2v) is 5.14. The highest BCUT2D eigenvalue weighted by Crippen LogP contribution is 2.16. The third-order valence-corrected chi connectivity index (χ3v) is 3.62. The van der Waals surface area contributed by atoms with Crippen LogP contribution in [0, 0.1) is 0 Å². The summed E-state index contributed by atoms with van der Waals surface area (Å²) in [7, 11) is 1.55. The molecule has 0 atom stereocenters. The Labute approximate surface area is 123 Å². The van der Waals surface area contributed by atoms with E-state index in [1.807, 2.05) is 0 Å². The lowest BCUT2D eigenvalue weighted by molar-refractivity contribution is 0.182. The molecule has 0 fully saturated rings. The summed E-state index contributed by atoms with van der Waals surface area (Å²) in [6.07, 6.45) is 1.48. The van der Waals surface area contributed by atoms with E-state index in [-0.39, 0.29) is 15.5 Å². The molecule has 0 aliphatic heterocycles. The summed E-state index contributed by atoms with van der Waals surface area (Å²) in [4.78, 5) is 25.5. The van der Waals surface area contributed by atoms with Crippen molar-refractivity contribution in [1.82, 2.24) is 14.8 Å². The van der Waals surface area contributed by atoms with Gasteiger partial charge in [0.25, 0.3) is 5.56 Å². The van der Waals surface area contributed by atoms with E-state index >= 15 is 0 Å². The van der Waals surface area contributed by atoms with Crippen LogP contribution in [0.1, 0.15) is 5.69 Å². The molecule has 0 spiro atoms. The Morgan fingerprint density at radius 1 is 1.55 bits per heavy atom. The van der Waals surface area contributed by atoms with Crippen LogP contribution >= 0.6 is 22.9 Å². The number of aromatic amines is 1. The quantitative estimate of drug-likeness (QED) is 0.826. The van der Waals surface area contributed by atoms with Crippen molar-refractivity contribution in [1.29, 1.82) is 0 Å². The molecule has 2 heterocycles. The predicted molar refractivity (Wildman–Crippen MR) is 77.6 cm³/mol. The zero-order valence-corrected chi connectivity index (χ0v) is 12.3. The van der Waals surface area contributed by atoms with Gasteiger partial charge in [-0.2, -0.15) is 5.10 Å². The molecule has 2 aromatic heterocycles. The normalized spacial score (nSPS) is 10.7. The number of nitrogens with one attached hydrogen (secondary N) is 2. The fourth-order valence-corrected chi connectivity index (χ4v) is 2.31. The topological polar surface area (TPSA) is 89.0 Å². The van der Waals surface area contributed by atoms with E-state index in [0.717, 1.165) is 17.0 Å². The van der Waals surface area contributed by atoms with E-state index < -0.39 is 0 Å². The minimum absolute atomic E-state index is 0.0636. The first-order chi connectivity index (χ1) is 9.61. The van der Waals surface area contributed by atoms with Crippen molar-refractivity contribution >= 4 is 28.6 Å². The highest BCUT2D eigenvalue weighted by atomic mass is 35.5. The van der Waals surface area contributed by atoms with Crippen LogP contribution in [-0.4, -0.2) is 28.5 Å². The molecule has 2 aromatic rings. The van der Waals surface area contributed by atoms with Crippen LogP contribution in [0.5, 0.6) is 0 Å². The Morgan fingerprint density at radius 2 is 2.35 bits per heavy atom. The smallest absolute Gasteiger partial charge is 0.304 e. The molecule has 7 nitrogen and oxygen atoms in total. The van der Waals surface area contributed by atoms with Crippen LogP contribution < -0.4 is 15.7 Å². The summed E-state index contributed by atoms with van der Waals surface area (Å²) < 4.78 is 6.13. The number of rotatable bonds is 6. The van der Waals surface area contributed by atoms with Crippen LogP contribution in [-0.2, 0) is 17.8 Å². The Morgan fingerprint density at radius 3 is 3.00 bits per heavy atom. The summed E-state index contributed by atoms with van der Waals surface area (Å²) in [6, 6.07) is 0. The van der Waals surface area contributed by atoms with Crippen molar-refractivity contribution in [2.24, 2.45) is 0 Å². The largest absolute Gasteiger partial charge is 0.383 e. The number of methoxy groups -OCH3 is 1. The van der Waals surface area contributed by atoms with E-state index in [1.165, 1.54) is 10.9 Å². The van der Waals surface area contributed by atoms with Gasteiger partial charge < -0.3 is 15.0 Å². The average Bonchev–Trinajstić information content (AvgIpc) is 2.85. The molecule has 0 unspecified atom stereocenters. The summed E-state index contributed by atoms with van der Waals surface area (Å²) in [5, 5.41) is 8.73. The van der Waals surface area contributed by atoms with Crippen LogP contribution in [0.2, 0.25) is 5.02 Å². The maximum atomic E-state index is 11.9. The van der Waals surface area contributed by atoms with Crippen molar-refractivity contribution in [3.8, 4) is 0 Å². The summed E-state index contributed by atoms with van der Waals surface area (Å²) in [6.45, 7) is 1.08. The maximum Gasteiger partial charge on any atom is 0.304 e. The lowest BCUT2D eigenvalue weighted by Gasteiger charge is -2.09. The molecule has 0 bridgehead atoms. The van der Waals surface area contributed by atoms with Gasteiger partial charge in [0.1, 0.15) is 5.02 Å². The molecule has 2 N–H and O–H groups in total. The highest BCUT2D eigenvalue weighted by molar-refractivity contribution is 7.07. The molecule has 9 heteroatoms. The second-order valence-electron chi connectivity index (χ2n) is 3.92. The number of ether oxygens (including phenoxy) is 1. The Balaban J connectivity index is 2.11. The van der Waals surface area contributed by atoms with Gasteiger partial charge in [0.05, 0.1) is 31.6 Å². The van der Waals surface area contributed by atoms with Crippen molar-refractivity contribution in [3.05, 3.63) is 42.3 Å². The minimum Gasteiger partial charge on any atom is -0.383 e. The van der Waals surface area contributed by atoms with Gasteiger partial charge >= 0.3 is 4.87 Å². The Bertz CT molecular complexity index is 693. The van der Waals surface area contributed by atoms with Gasteiger partial charge in [-0.3, -0.25) is 9.59 Å². The van der Waals surface area contributed by atoms with Crippen molar-refractivity contribution < 1.29 is 4.74 Å². The molecule has 20 heavy (non-hydrogen) atoms. The fourth-order valence-electron chi connectivity index (χ4n) is 1.52. The average molecular weight is 317 g/mol. The maximum absolute atomic E-state index is 11.9. The second kappa shape index (κ2) is 6.69. The fraction of sp³-hybridized carbons (Fsp3) is 0.364. The van der Waals surface area contributed by atoms with Crippen molar-refractivity contribution in [2.75, 3.05) is 19.0 Å². The molecule has 0 saturated carbocycles. The van der Waals surface area contributed by atoms with E-state index in [1.54, 1.807) is 12.5 Å². The first-order valence-electron chi connectivity index (χ1n) is 5.77. The summed E-state index contributed by atoms with van der Waals surface area (Å²) in [5.74, 6) is 0. The summed E-state index contributed by atoms with van der Waals surface area (Å²) >= 11 is 7.08. The molecule has 0 aliphatic carbocycles. The number of hydrogen-bond acceptors (Lipinski definition) is 6. The predicted octanol–water partition coefficient (Wildman–Crippen LogP) is 0.905. The standard InChI is InChI=1S/C11H13ClN4O3S/c1-19-3-2-16-10(17)9(12)8(5-14-16)13-4-7-6-20-11(18)15-7/h5-6,13H,2-4H2,1H3,(H,15,18). The van der Waals surface area contributed by atoms with Gasteiger partial charge in [-0.05, 0) is 0 Å². The first-order valence-corrected chi connectivity index (χ1v) is 7.02. The number of anilines is 1. The van der Waals surface area contributed by atoms with Gasteiger partial charge in [-0.15, -0.1) is 0 Å². The van der Waals surface area contributed by atoms with E-state index in [9.17, 15) is 9.59 Å². The van der Waals surface area contributed by atoms with Gasteiger partial charge in [0.2, 0.25) is 0 Å². The zero-order valence-electron chi connectivity index (χ0n) is 10.7. The Hall–Kier alpha value is -1.64. The monoisotopic (exact) mass is 316 g/mol. The molecule has 0 amide bonds. The molecular formula is C11H13ClN4O3S. The lowest BCUT2D eigenvalue weighted by atomic mass is 10.4. The molecular weight excluding hydrogens is 304 g/mol. The number of nitrogens with zero attached hydrogens (tertiary/aromatic N) is 2. The van der Waals surface area contributed by atoms with E-state index in [0.29, 0.717) is 25.4 Å². The van der Waals surface area contributed by atoms with Gasteiger partial charge in [0, 0.05) is 18.2 Å². The molecule has 2 rings (SSSR count). The molecule has 108 valence electrons. The summed E-state index contributed by atoms with van der Waals surface area (Å²) in [5.41, 5.74) is 0.768. The van der Waals surface area contributed by atoms with Crippen LogP contribution in [0.3, 0.4) is 0 Å². The molecule has 0 saturated heterocycles. The third-order valence-electron chi connectivity index (χ3n) is 2.53. The highest BCUT2D eigenvalue weighted by Gasteiger charge is 2.09. The molecule has 0 radical (unpaired) electrons. The Kier molecular flexibility index (Phi) is 4.94. The van der Waals surface area contributed by atoms with Gasteiger partial charge in [-0.25, -0.2) is 4.68 Å². The van der Waals surface area contributed by atoms with E-state index in [4.69, 9.17) is 16.3 Å². The van der Waals surface area contributed by atoms with E-state index in [2.05, 4.69) is 15.4 Å². The number of H-pyrrole nitrogens is 1. The SMILES string of the molecule is COCCn1ncc(NCc2csc(=O)[nH]2)c(Cl)c1=O. The first kappa shape index (κ1) is 14.8. The third kappa shape index (κ3) is 3.47. The molecule has 0 aromatic carbocycles. The lowest BCUT2D eigenvalue weighted by Crippen LogP contribution is -2.26. The van der Waals surface area contributed by atoms with Crippen LogP contribution in [0.15, 0.2) is 21.2 Å². The molecule has 0 aliphatic rings. The zero-order chi connectivity index (χ0) is 14.5. The van der Waals surface area contributed by atoms with Crippen molar-refractivity contribution in [3.63, 3.8) is 0 Å². The number of aromatic nitrogens is 3. The van der Waals surface area contributed by atoms with Crippen LogP contribution in [0.25, 0.3) is 0 Å². The van der Waals surface area contributed by atoms with Crippen LogP contribution in [0.4, 0.5) is 5.69 Å². The number of thiazole rings is 1. The van der Waals surface area contributed by atoms with Gasteiger partial charge in [0.15, 0.2) is 0 Å². The minimum atomic E-state index is -0.382. The van der Waals surface area contributed by atoms with Gasteiger partial charge in [-0.1, -0.05) is 22.9 Å².